The second-order valence-corrected chi connectivity index (χ2v) is 5.89. The van der Waals surface area contributed by atoms with Gasteiger partial charge in [-0.2, -0.15) is 0 Å². The molecule has 0 spiro atoms. The topological polar surface area (TPSA) is 34.1 Å². The molecule has 0 saturated heterocycles. The Morgan fingerprint density at radius 2 is 1.59 bits per heavy atom. The summed E-state index contributed by atoms with van der Waals surface area (Å²) in [5.74, 6) is -0.131. The molecule has 1 saturated carbocycles. The molecule has 0 atom stereocenters. The SMILES string of the molecule is Cc1ccc(/C=C/C(=O)C2(C(=O)c3ccccc3)CC2)cc1. The van der Waals surface area contributed by atoms with E-state index in [1.807, 2.05) is 49.4 Å². The van der Waals surface area contributed by atoms with Crippen LogP contribution in [0.25, 0.3) is 6.08 Å². The molecule has 0 heterocycles. The van der Waals surface area contributed by atoms with E-state index in [4.69, 9.17) is 0 Å². The van der Waals surface area contributed by atoms with Gasteiger partial charge in [0.05, 0.1) is 5.41 Å². The number of benzene rings is 2. The minimum absolute atomic E-state index is 0.0494. The first-order valence-corrected chi connectivity index (χ1v) is 7.51. The molecule has 2 aromatic carbocycles. The van der Waals surface area contributed by atoms with E-state index in [9.17, 15) is 9.59 Å². The largest absolute Gasteiger partial charge is 0.294 e. The molecule has 0 aliphatic heterocycles. The maximum Gasteiger partial charge on any atom is 0.176 e. The summed E-state index contributed by atoms with van der Waals surface area (Å²) in [6, 6.07) is 17.0. The molecule has 3 rings (SSSR count). The first-order chi connectivity index (χ1) is 10.6. The lowest BCUT2D eigenvalue weighted by molar-refractivity contribution is -0.117. The van der Waals surface area contributed by atoms with Gasteiger partial charge < -0.3 is 0 Å². The summed E-state index contributed by atoms with van der Waals surface area (Å²) >= 11 is 0. The van der Waals surface area contributed by atoms with E-state index in [2.05, 4.69) is 0 Å². The molecule has 0 N–H and O–H groups in total. The fraction of sp³-hybridized carbons (Fsp3) is 0.200. The minimum Gasteiger partial charge on any atom is -0.294 e. The number of hydrogen-bond acceptors (Lipinski definition) is 2. The Bertz CT molecular complexity index is 720. The highest BCUT2D eigenvalue weighted by Gasteiger charge is 2.54. The highest BCUT2D eigenvalue weighted by atomic mass is 16.2. The van der Waals surface area contributed by atoms with E-state index in [1.165, 1.54) is 5.56 Å². The Kier molecular flexibility index (Phi) is 3.76. The van der Waals surface area contributed by atoms with E-state index in [-0.39, 0.29) is 11.6 Å². The molecule has 0 radical (unpaired) electrons. The van der Waals surface area contributed by atoms with Crippen molar-refractivity contribution >= 4 is 17.6 Å². The molecule has 2 aromatic rings. The van der Waals surface area contributed by atoms with Gasteiger partial charge >= 0.3 is 0 Å². The van der Waals surface area contributed by atoms with E-state index < -0.39 is 5.41 Å². The van der Waals surface area contributed by atoms with Gasteiger partial charge in [0.15, 0.2) is 11.6 Å². The van der Waals surface area contributed by atoms with Crippen molar-refractivity contribution in [1.82, 2.24) is 0 Å². The van der Waals surface area contributed by atoms with Crippen molar-refractivity contribution < 1.29 is 9.59 Å². The van der Waals surface area contributed by atoms with E-state index in [0.29, 0.717) is 18.4 Å². The van der Waals surface area contributed by atoms with E-state index in [0.717, 1.165) is 5.56 Å². The number of carbonyl (C=O) groups excluding carboxylic acids is 2. The zero-order chi connectivity index (χ0) is 15.6. The third kappa shape index (κ3) is 2.77. The van der Waals surface area contributed by atoms with Crippen LogP contribution in [0.5, 0.6) is 0 Å². The van der Waals surface area contributed by atoms with Crippen LogP contribution in [0, 0.1) is 12.3 Å². The molecule has 22 heavy (non-hydrogen) atoms. The van der Waals surface area contributed by atoms with Crippen molar-refractivity contribution in [3.05, 3.63) is 77.4 Å². The van der Waals surface area contributed by atoms with Crippen molar-refractivity contribution in [2.75, 3.05) is 0 Å². The van der Waals surface area contributed by atoms with Crippen LogP contribution in [0.4, 0.5) is 0 Å². The second kappa shape index (κ2) is 5.72. The van der Waals surface area contributed by atoms with Crippen LogP contribution in [0.2, 0.25) is 0 Å². The summed E-state index contributed by atoms with van der Waals surface area (Å²) in [7, 11) is 0. The maximum absolute atomic E-state index is 12.6. The summed E-state index contributed by atoms with van der Waals surface area (Å²) in [4.78, 5) is 25.0. The van der Waals surface area contributed by atoms with Crippen LogP contribution in [-0.4, -0.2) is 11.6 Å². The third-order valence-corrected chi connectivity index (χ3v) is 4.20. The molecule has 1 fully saturated rings. The van der Waals surface area contributed by atoms with Crippen LogP contribution in [-0.2, 0) is 4.79 Å². The quantitative estimate of drug-likeness (QED) is 0.469. The van der Waals surface area contributed by atoms with Crippen molar-refractivity contribution in [1.29, 1.82) is 0 Å². The summed E-state index contributed by atoms with van der Waals surface area (Å²) in [6.07, 6.45) is 4.65. The van der Waals surface area contributed by atoms with E-state index >= 15 is 0 Å². The normalized spacial score (nSPS) is 15.7. The zero-order valence-electron chi connectivity index (χ0n) is 12.6. The van der Waals surface area contributed by atoms with Crippen LogP contribution < -0.4 is 0 Å². The molecule has 110 valence electrons. The molecular formula is C20H18O2. The molecule has 1 aliphatic carbocycles. The number of rotatable bonds is 5. The number of ketones is 2. The Balaban J connectivity index is 1.77. The van der Waals surface area contributed by atoms with Gasteiger partial charge in [0, 0.05) is 5.56 Å². The Morgan fingerprint density at radius 3 is 2.18 bits per heavy atom. The van der Waals surface area contributed by atoms with Crippen molar-refractivity contribution in [2.24, 2.45) is 5.41 Å². The van der Waals surface area contributed by atoms with Crippen LogP contribution in [0.3, 0.4) is 0 Å². The maximum atomic E-state index is 12.6. The van der Waals surface area contributed by atoms with Gasteiger partial charge in [0.2, 0.25) is 0 Å². The first kappa shape index (κ1) is 14.5. The minimum atomic E-state index is -0.817. The lowest BCUT2D eigenvalue weighted by Crippen LogP contribution is -2.24. The second-order valence-electron chi connectivity index (χ2n) is 5.89. The number of aryl methyl sites for hydroxylation is 1. The molecule has 0 aromatic heterocycles. The lowest BCUT2D eigenvalue weighted by atomic mass is 9.90. The molecule has 0 bridgehead atoms. The van der Waals surface area contributed by atoms with Crippen LogP contribution in [0.1, 0.15) is 34.3 Å². The molecule has 0 amide bonds. The molecule has 2 heteroatoms. The summed E-state index contributed by atoms with van der Waals surface area (Å²) in [5.41, 5.74) is 1.96. The third-order valence-electron chi connectivity index (χ3n) is 4.20. The number of carbonyl (C=O) groups is 2. The molecule has 0 unspecified atom stereocenters. The first-order valence-electron chi connectivity index (χ1n) is 7.51. The molecule has 1 aliphatic rings. The summed E-state index contributed by atoms with van der Waals surface area (Å²) in [5, 5.41) is 0. The van der Waals surface area contributed by atoms with Crippen molar-refractivity contribution in [2.45, 2.75) is 19.8 Å². The smallest absolute Gasteiger partial charge is 0.176 e. The summed E-state index contributed by atoms with van der Waals surface area (Å²) in [6.45, 7) is 2.02. The molecule has 2 nitrogen and oxygen atoms in total. The standard InChI is InChI=1S/C20H18O2/c1-15-7-9-16(10-8-15)11-12-18(21)20(13-14-20)19(22)17-5-3-2-4-6-17/h2-12H,13-14H2,1H3/b12-11+. The predicted molar refractivity (Wildman–Crippen MR) is 87.7 cm³/mol. The highest BCUT2D eigenvalue weighted by Crippen LogP contribution is 2.49. The fourth-order valence-corrected chi connectivity index (χ4v) is 2.59. The van der Waals surface area contributed by atoms with E-state index in [1.54, 1.807) is 24.3 Å². The average Bonchev–Trinajstić information content (AvgIpc) is 3.36. The number of hydrogen-bond donors (Lipinski definition) is 0. The molecular weight excluding hydrogens is 272 g/mol. The van der Waals surface area contributed by atoms with Gasteiger partial charge in [-0.25, -0.2) is 0 Å². The fourth-order valence-electron chi connectivity index (χ4n) is 2.59. The average molecular weight is 290 g/mol. The zero-order valence-corrected chi connectivity index (χ0v) is 12.6. The van der Waals surface area contributed by atoms with Crippen LogP contribution >= 0.6 is 0 Å². The highest BCUT2D eigenvalue weighted by molar-refractivity contribution is 6.20. The Hall–Kier alpha value is -2.48. The Labute approximate surface area is 130 Å². The van der Waals surface area contributed by atoms with Crippen molar-refractivity contribution in [3.8, 4) is 0 Å². The van der Waals surface area contributed by atoms with Gasteiger partial charge in [0.1, 0.15) is 0 Å². The van der Waals surface area contributed by atoms with Crippen molar-refractivity contribution in [3.63, 3.8) is 0 Å². The van der Waals surface area contributed by atoms with Gasteiger partial charge in [0.25, 0.3) is 0 Å². The van der Waals surface area contributed by atoms with Crippen LogP contribution in [0.15, 0.2) is 60.7 Å². The van der Waals surface area contributed by atoms with Gasteiger partial charge in [-0.05, 0) is 31.4 Å². The monoisotopic (exact) mass is 290 g/mol. The summed E-state index contributed by atoms with van der Waals surface area (Å²) < 4.78 is 0. The van der Waals surface area contributed by atoms with Gasteiger partial charge in [-0.1, -0.05) is 66.2 Å². The Morgan fingerprint density at radius 1 is 0.955 bits per heavy atom. The number of Topliss-reactive ketones (excluding diaryl/α,β-unsaturated/α-hetero) is 1. The number of allylic oxidation sites excluding steroid dienone is 1. The van der Waals surface area contributed by atoms with Gasteiger partial charge in [-0.15, -0.1) is 0 Å². The predicted octanol–water partition coefficient (Wildman–Crippen LogP) is 4.24. The van der Waals surface area contributed by atoms with Gasteiger partial charge in [-0.3, -0.25) is 9.59 Å². The lowest BCUT2D eigenvalue weighted by Gasteiger charge is -2.10.